The van der Waals surface area contributed by atoms with E-state index in [1.807, 2.05) is 0 Å². The fourth-order valence-corrected chi connectivity index (χ4v) is 2.62. The van der Waals surface area contributed by atoms with E-state index in [2.05, 4.69) is 66.8 Å². The Morgan fingerprint density at radius 2 is 1.53 bits per heavy atom. The summed E-state index contributed by atoms with van der Waals surface area (Å²) in [5.74, 6) is 0. The normalized spacial score (nSPS) is 16.9. The molecule has 19 heavy (non-hydrogen) atoms. The van der Waals surface area contributed by atoms with E-state index in [9.17, 15) is 0 Å². The molecule has 2 aromatic carbocycles. The summed E-state index contributed by atoms with van der Waals surface area (Å²) in [6.07, 6.45) is 4.07. The van der Waals surface area contributed by atoms with Crippen LogP contribution in [0.4, 0.5) is 0 Å². The summed E-state index contributed by atoms with van der Waals surface area (Å²) in [6.45, 7) is 2.26. The standard InChI is InChI=1S/C18H21N/c1-14(19-18-8-5-9-18)15-10-12-17(13-11-15)16-6-3-2-4-7-16/h2-4,6-7,10-14,18-19H,5,8-9H2,1H3. The lowest BCUT2D eigenvalue weighted by atomic mass is 9.91. The largest absolute Gasteiger partial charge is 0.307 e. The second-order valence-corrected chi connectivity index (χ2v) is 5.50. The Balaban J connectivity index is 1.71. The highest BCUT2D eigenvalue weighted by atomic mass is 15.0. The summed E-state index contributed by atoms with van der Waals surface area (Å²) in [4.78, 5) is 0. The molecule has 0 aliphatic heterocycles. The van der Waals surface area contributed by atoms with Crippen molar-refractivity contribution in [2.24, 2.45) is 0 Å². The zero-order chi connectivity index (χ0) is 13.1. The van der Waals surface area contributed by atoms with Gasteiger partial charge in [-0.15, -0.1) is 0 Å². The van der Waals surface area contributed by atoms with Gasteiger partial charge in [0.2, 0.25) is 0 Å². The Labute approximate surface area is 115 Å². The van der Waals surface area contributed by atoms with Gasteiger partial charge in [-0.3, -0.25) is 0 Å². The van der Waals surface area contributed by atoms with E-state index in [4.69, 9.17) is 0 Å². The first kappa shape index (κ1) is 12.4. The van der Waals surface area contributed by atoms with Gasteiger partial charge >= 0.3 is 0 Å². The van der Waals surface area contributed by atoms with Crippen LogP contribution < -0.4 is 5.32 Å². The highest BCUT2D eigenvalue weighted by Gasteiger charge is 2.19. The molecule has 0 aromatic heterocycles. The topological polar surface area (TPSA) is 12.0 Å². The van der Waals surface area contributed by atoms with Crippen LogP contribution >= 0.6 is 0 Å². The first-order valence-corrected chi connectivity index (χ1v) is 7.24. The molecule has 0 heterocycles. The van der Waals surface area contributed by atoms with E-state index in [0.717, 1.165) is 6.04 Å². The molecule has 1 fully saturated rings. The molecule has 0 spiro atoms. The third-order valence-electron chi connectivity index (χ3n) is 4.11. The average Bonchev–Trinajstić information content (AvgIpc) is 2.44. The quantitative estimate of drug-likeness (QED) is 0.840. The molecular weight excluding hydrogens is 230 g/mol. The van der Waals surface area contributed by atoms with Crippen molar-refractivity contribution in [2.45, 2.75) is 38.3 Å². The minimum atomic E-state index is 0.454. The van der Waals surface area contributed by atoms with E-state index in [1.165, 1.54) is 36.0 Å². The summed E-state index contributed by atoms with van der Waals surface area (Å²) >= 11 is 0. The van der Waals surface area contributed by atoms with Crippen LogP contribution in [0.3, 0.4) is 0 Å². The predicted octanol–water partition coefficient (Wildman–Crippen LogP) is 4.56. The molecule has 1 aliphatic carbocycles. The van der Waals surface area contributed by atoms with Gasteiger partial charge in [0.25, 0.3) is 0 Å². The molecule has 1 aliphatic rings. The van der Waals surface area contributed by atoms with Crippen molar-refractivity contribution in [3.63, 3.8) is 0 Å². The maximum atomic E-state index is 3.69. The number of nitrogens with one attached hydrogen (secondary N) is 1. The number of benzene rings is 2. The summed E-state index contributed by atoms with van der Waals surface area (Å²) in [5, 5.41) is 3.69. The van der Waals surface area contributed by atoms with Crippen molar-refractivity contribution < 1.29 is 0 Å². The summed E-state index contributed by atoms with van der Waals surface area (Å²) < 4.78 is 0. The molecule has 0 bridgehead atoms. The fourth-order valence-electron chi connectivity index (χ4n) is 2.62. The molecule has 0 radical (unpaired) electrons. The van der Waals surface area contributed by atoms with Gasteiger partial charge in [0.15, 0.2) is 0 Å². The lowest BCUT2D eigenvalue weighted by Gasteiger charge is -2.30. The monoisotopic (exact) mass is 251 g/mol. The van der Waals surface area contributed by atoms with Gasteiger partial charge in [-0.2, -0.15) is 0 Å². The van der Waals surface area contributed by atoms with Crippen LogP contribution in [0.2, 0.25) is 0 Å². The molecule has 1 atom stereocenters. The molecule has 1 unspecified atom stereocenters. The predicted molar refractivity (Wildman–Crippen MR) is 81.1 cm³/mol. The molecule has 0 amide bonds. The Kier molecular flexibility index (Phi) is 3.65. The van der Waals surface area contributed by atoms with Crippen molar-refractivity contribution in [3.8, 4) is 11.1 Å². The smallest absolute Gasteiger partial charge is 0.0294 e. The molecular formula is C18H21N. The Bertz CT molecular complexity index is 511. The highest BCUT2D eigenvalue weighted by Crippen LogP contribution is 2.25. The lowest BCUT2D eigenvalue weighted by Crippen LogP contribution is -2.36. The second-order valence-electron chi connectivity index (χ2n) is 5.50. The summed E-state index contributed by atoms with van der Waals surface area (Å²) in [6, 6.07) is 20.7. The zero-order valence-electron chi connectivity index (χ0n) is 11.5. The van der Waals surface area contributed by atoms with Crippen LogP contribution in [0.15, 0.2) is 54.6 Å². The second kappa shape index (κ2) is 5.58. The first-order valence-electron chi connectivity index (χ1n) is 7.24. The van der Waals surface area contributed by atoms with Crippen LogP contribution in [0.1, 0.15) is 37.8 Å². The number of hydrogen-bond donors (Lipinski definition) is 1. The van der Waals surface area contributed by atoms with Crippen molar-refractivity contribution in [1.82, 2.24) is 5.32 Å². The van der Waals surface area contributed by atoms with Gasteiger partial charge in [-0.25, -0.2) is 0 Å². The van der Waals surface area contributed by atoms with Crippen LogP contribution in [-0.2, 0) is 0 Å². The highest BCUT2D eigenvalue weighted by molar-refractivity contribution is 5.63. The Hall–Kier alpha value is -1.60. The number of rotatable bonds is 4. The molecule has 1 heteroatoms. The van der Waals surface area contributed by atoms with Gasteiger partial charge < -0.3 is 5.32 Å². The van der Waals surface area contributed by atoms with Gasteiger partial charge in [-0.1, -0.05) is 61.0 Å². The molecule has 98 valence electrons. The van der Waals surface area contributed by atoms with E-state index in [-0.39, 0.29) is 0 Å². The molecule has 2 aromatic rings. The van der Waals surface area contributed by atoms with Crippen LogP contribution in [0.5, 0.6) is 0 Å². The Morgan fingerprint density at radius 3 is 2.11 bits per heavy atom. The van der Waals surface area contributed by atoms with E-state index >= 15 is 0 Å². The van der Waals surface area contributed by atoms with Crippen molar-refractivity contribution >= 4 is 0 Å². The first-order chi connectivity index (χ1) is 9.33. The van der Waals surface area contributed by atoms with Crippen LogP contribution in [0.25, 0.3) is 11.1 Å². The van der Waals surface area contributed by atoms with Gasteiger partial charge in [0.05, 0.1) is 0 Å². The average molecular weight is 251 g/mol. The van der Waals surface area contributed by atoms with Crippen molar-refractivity contribution in [2.75, 3.05) is 0 Å². The van der Waals surface area contributed by atoms with Gasteiger partial charge in [-0.05, 0) is 36.5 Å². The molecule has 3 rings (SSSR count). The Morgan fingerprint density at radius 1 is 0.895 bits per heavy atom. The fraction of sp³-hybridized carbons (Fsp3) is 0.333. The maximum absolute atomic E-state index is 3.69. The number of hydrogen-bond acceptors (Lipinski definition) is 1. The van der Waals surface area contributed by atoms with E-state index in [1.54, 1.807) is 0 Å². The van der Waals surface area contributed by atoms with Crippen LogP contribution in [-0.4, -0.2) is 6.04 Å². The van der Waals surface area contributed by atoms with Gasteiger partial charge in [0.1, 0.15) is 0 Å². The zero-order valence-corrected chi connectivity index (χ0v) is 11.5. The summed E-state index contributed by atoms with van der Waals surface area (Å²) in [7, 11) is 0. The van der Waals surface area contributed by atoms with Crippen molar-refractivity contribution in [1.29, 1.82) is 0 Å². The van der Waals surface area contributed by atoms with Crippen molar-refractivity contribution in [3.05, 3.63) is 60.2 Å². The third-order valence-corrected chi connectivity index (χ3v) is 4.11. The third kappa shape index (κ3) is 2.87. The minimum Gasteiger partial charge on any atom is -0.307 e. The molecule has 1 N–H and O–H groups in total. The summed E-state index contributed by atoms with van der Waals surface area (Å²) in [5.41, 5.74) is 3.96. The lowest BCUT2D eigenvalue weighted by molar-refractivity contribution is 0.313. The SMILES string of the molecule is CC(NC1CCC1)c1ccc(-c2ccccc2)cc1. The van der Waals surface area contributed by atoms with E-state index < -0.39 is 0 Å². The van der Waals surface area contributed by atoms with E-state index in [0.29, 0.717) is 6.04 Å². The molecule has 1 nitrogen and oxygen atoms in total. The molecule has 1 saturated carbocycles. The maximum Gasteiger partial charge on any atom is 0.0294 e. The van der Waals surface area contributed by atoms with Gasteiger partial charge in [0, 0.05) is 12.1 Å². The minimum absolute atomic E-state index is 0.454. The van der Waals surface area contributed by atoms with Crippen LogP contribution in [0, 0.1) is 0 Å². The molecule has 0 saturated heterocycles.